The van der Waals surface area contributed by atoms with Crippen LogP contribution in [0.1, 0.15) is 30.4 Å². The summed E-state index contributed by atoms with van der Waals surface area (Å²) < 4.78 is 17.5. The Morgan fingerprint density at radius 3 is 2.40 bits per heavy atom. The number of rotatable bonds is 13. The highest BCUT2D eigenvalue weighted by molar-refractivity contribution is 9.10. The van der Waals surface area contributed by atoms with Crippen LogP contribution >= 0.6 is 15.9 Å². The Bertz CT molecular complexity index is 1390. The molecule has 3 aromatic rings. The zero-order valence-corrected chi connectivity index (χ0v) is 26.0. The van der Waals surface area contributed by atoms with Crippen LogP contribution in [0, 0.1) is 0 Å². The fraction of sp³-hybridized carbons (Fsp3) is 0.375. The first-order valence-electron chi connectivity index (χ1n) is 14.5. The predicted molar refractivity (Wildman–Crippen MR) is 169 cm³/mol. The third kappa shape index (κ3) is 8.40. The maximum absolute atomic E-state index is 13.8. The van der Waals surface area contributed by atoms with Crippen LogP contribution in [0.5, 0.6) is 11.5 Å². The van der Waals surface area contributed by atoms with Crippen molar-refractivity contribution in [3.05, 3.63) is 82.3 Å². The highest BCUT2D eigenvalue weighted by Crippen LogP contribution is 2.33. The molecule has 2 aliphatic rings. The van der Waals surface area contributed by atoms with Gasteiger partial charge in [0.2, 0.25) is 5.91 Å². The molecule has 2 aliphatic heterocycles. The smallest absolute Gasteiger partial charge is 0.319 e. The Morgan fingerprint density at radius 1 is 0.953 bits per heavy atom. The van der Waals surface area contributed by atoms with E-state index >= 15 is 0 Å². The molecule has 1 fully saturated rings. The number of benzene rings is 3. The number of halogens is 1. The molecule has 5 rings (SSSR count). The molecule has 3 amide bonds. The van der Waals surface area contributed by atoms with E-state index in [0.29, 0.717) is 43.1 Å². The lowest BCUT2D eigenvalue weighted by atomic mass is 9.97. The van der Waals surface area contributed by atoms with Crippen LogP contribution in [-0.4, -0.2) is 62.6 Å². The first-order valence-corrected chi connectivity index (χ1v) is 15.3. The average molecular weight is 653 g/mol. The van der Waals surface area contributed by atoms with E-state index in [1.54, 1.807) is 26.4 Å². The van der Waals surface area contributed by atoms with E-state index in [2.05, 4.69) is 37.2 Å². The Labute approximate surface area is 260 Å². The molecule has 0 aromatic heterocycles. The summed E-state index contributed by atoms with van der Waals surface area (Å²) in [5, 5.41) is 12.5. The third-order valence-corrected chi connectivity index (χ3v) is 8.10. The van der Waals surface area contributed by atoms with E-state index in [4.69, 9.17) is 14.2 Å². The van der Waals surface area contributed by atoms with Crippen molar-refractivity contribution >= 4 is 39.2 Å². The summed E-state index contributed by atoms with van der Waals surface area (Å²) >= 11 is 3.41. The van der Waals surface area contributed by atoms with Gasteiger partial charge in [0.1, 0.15) is 6.04 Å². The number of unbranched alkanes of at least 4 members (excludes halogenated alkanes) is 1. The van der Waals surface area contributed by atoms with Crippen LogP contribution in [0.2, 0.25) is 0 Å². The Kier molecular flexibility index (Phi) is 10.4. The fourth-order valence-electron chi connectivity index (χ4n) is 5.20. The van der Waals surface area contributed by atoms with E-state index in [1.165, 1.54) is 0 Å². The molecule has 11 heteroatoms. The largest absolute Gasteiger partial charge is 0.493 e. The fourth-order valence-corrected chi connectivity index (χ4v) is 5.47. The number of nitrogens with one attached hydrogen (secondary N) is 4. The predicted octanol–water partition coefficient (Wildman–Crippen LogP) is 5.10. The Balaban J connectivity index is 1.16. The standard InChI is InChI=1S/C32H38BrN5O5/c1-41-27-18-21-15-17-38(20-22(21)19-28(27)42-2)31(39)26(37-32(40)36-25-13-11-23(33)12-14-25)10-6-7-16-34-29-30(43-29)35-24-8-4-3-5-9-24/h3-5,8-9,11-14,18-19,26,29-30,34-35H,6-7,10,15-17,20H2,1-2H3,(H2,36,37,40). The van der Waals surface area contributed by atoms with Crippen molar-refractivity contribution in [1.82, 2.24) is 15.5 Å². The molecule has 3 unspecified atom stereocenters. The topological polar surface area (TPSA) is 116 Å². The van der Waals surface area contributed by atoms with E-state index in [1.807, 2.05) is 59.5 Å². The van der Waals surface area contributed by atoms with Gasteiger partial charge in [0.25, 0.3) is 0 Å². The van der Waals surface area contributed by atoms with E-state index in [0.717, 1.165) is 40.7 Å². The highest BCUT2D eigenvalue weighted by Gasteiger charge is 2.38. The third-order valence-electron chi connectivity index (χ3n) is 7.57. The second-order valence-corrected chi connectivity index (χ2v) is 11.5. The van der Waals surface area contributed by atoms with Gasteiger partial charge < -0.3 is 35.1 Å². The number of nitrogens with zero attached hydrogens (tertiary/aromatic N) is 1. The molecule has 3 atom stereocenters. The Morgan fingerprint density at radius 2 is 1.67 bits per heavy atom. The van der Waals surface area contributed by atoms with Gasteiger partial charge in [0, 0.05) is 28.9 Å². The van der Waals surface area contributed by atoms with Crippen molar-refractivity contribution in [3.63, 3.8) is 0 Å². The monoisotopic (exact) mass is 651 g/mol. The second-order valence-electron chi connectivity index (χ2n) is 10.6. The van der Waals surface area contributed by atoms with Gasteiger partial charge in [-0.2, -0.15) is 0 Å². The van der Waals surface area contributed by atoms with Crippen molar-refractivity contribution in [2.24, 2.45) is 0 Å². The molecular formula is C32H38BrN5O5. The number of carbonyl (C=O) groups is 2. The molecule has 0 aliphatic carbocycles. The molecule has 43 heavy (non-hydrogen) atoms. The van der Waals surface area contributed by atoms with Gasteiger partial charge >= 0.3 is 6.03 Å². The second kappa shape index (κ2) is 14.6. The number of fused-ring (bicyclic) bond motifs is 1. The lowest BCUT2D eigenvalue weighted by molar-refractivity contribution is -0.134. The summed E-state index contributed by atoms with van der Waals surface area (Å²) in [7, 11) is 3.22. The van der Waals surface area contributed by atoms with Gasteiger partial charge in [-0.3, -0.25) is 10.1 Å². The normalized spacial score (nSPS) is 17.8. The number of para-hydroxylation sites is 1. The van der Waals surface area contributed by atoms with Crippen molar-refractivity contribution in [1.29, 1.82) is 0 Å². The zero-order valence-electron chi connectivity index (χ0n) is 24.4. The van der Waals surface area contributed by atoms with Crippen LogP contribution in [-0.2, 0) is 22.5 Å². The van der Waals surface area contributed by atoms with E-state index < -0.39 is 12.1 Å². The molecule has 10 nitrogen and oxygen atoms in total. The van der Waals surface area contributed by atoms with E-state index in [9.17, 15) is 9.59 Å². The quantitative estimate of drug-likeness (QED) is 0.150. The summed E-state index contributed by atoms with van der Waals surface area (Å²) in [4.78, 5) is 28.6. The molecule has 228 valence electrons. The number of amides is 3. The number of carbonyl (C=O) groups excluding carboxylic acids is 2. The maximum Gasteiger partial charge on any atom is 0.319 e. The van der Waals surface area contributed by atoms with E-state index in [-0.39, 0.29) is 18.4 Å². The van der Waals surface area contributed by atoms with Gasteiger partial charge in [0.15, 0.2) is 24.0 Å². The van der Waals surface area contributed by atoms with Crippen LogP contribution in [0.25, 0.3) is 0 Å². The SMILES string of the molecule is COc1cc2c(cc1OC)CN(C(=O)C(CCCCNC1OC1Nc1ccccc1)NC(=O)Nc1ccc(Br)cc1)CC2. The molecule has 2 heterocycles. The van der Waals surface area contributed by atoms with Crippen molar-refractivity contribution in [3.8, 4) is 11.5 Å². The molecular weight excluding hydrogens is 614 g/mol. The molecule has 4 N–H and O–H groups in total. The van der Waals surface area contributed by atoms with Crippen molar-refractivity contribution in [2.45, 2.75) is 50.7 Å². The number of ether oxygens (including phenoxy) is 3. The van der Waals surface area contributed by atoms with Crippen LogP contribution in [0.3, 0.4) is 0 Å². The summed E-state index contributed by atoms with van der Waals surface area (Å²) in [5.74, 6) is 1.21. The Hall–Kier alpha value is -3.80. The highest BCUT2D eigenvalue weighted by atomic mass is 79.9. The van der Waals surface area contributed by atoms with Crippen LogP contribution < -0.4 is 30.7 Å². The van der Waals surface area contributed by atoms with Crippen molar-refractivity contribution < 1.29 is 23.8 Å². The lowest BCUT2D eigenvalue weighted by Crippen LogP contribution is -2.50. The summed E-state index contributed by atoms with van der Waals surface area (Å²) in [6.07, 6.45) is 2.69. The minimum absolute atomic E-state index is 0.0449. The number of hydrogen-bond donors (Lipinski definition) is 4. The molecule has 0 spiro atoms. The lowest BCUT2D eigenvalue weighted by Gasteiger charge is -2.32. The number of methoxy groups -OCH3 is 2. The van der Waals surface area contributed by atoms with Crippen LogP contribution in [0.4, 0.5) is 16.2 Å². The summed E-state index contributed by atoms with van der Waals surface area (Å²) in [6, 6.07) is 20.1. The summed E-state index contributed by atoms with van der Waals surface area (Å²) in [6.45, 7) is 1.74. The van der Waals surface area contributed by atoms with Gasteiger partial charge in [-0.15, -0.1) is 0 Å². The molecule has 3 aromatic carbocycles. The van der Waals surface area contributed by atoms with Crippen LogP contribution in [0.15, 0.2) is 71.2 Å². The minimum Gasteiger partial charge on any atom is -0.493 e. The number of urea groups is 1. The molecule has 0 saturated carbocycles. The minimum atomic E-state index is -0.665. The van der Waals surface area contributed by atoms with Gasteiger partial charge in [-0.05, 0) is 91.9 Å². The molecule has 1 saturated heterocycles. The van der Waals surface area contributed by atoms with Gasteiger partial charge in [0.05, 0.1) is 14.2 Å². The zero-order chi connectivity index (χ0) is 30.2. The maximum atomic E-state index is 13.8. The molecule has 0 radical (unpaired) electrons. The van der Waals surface area contributed by atoms with Crippen molar-refractivity contribution in [2.75, 3.05) is 37.9 Å². The first-order chi connectivity index (χ1) is 20.9. The number of epoxide rings is 1. The first kappa shape index (κ1) is 30.7. The van der Waals surface area contributed by atoms with Gasteiger partial charge in [-0.25, -0.2) is 4.79 Å². The average Bonchev–Trinajstić information content (AvgIpc) is 3.77. The number of anilines is 2. The van der Waals surface area contributed by atoms with Gasteiger partial charge in [-0.1, -0.05) is 34.1 Å². The number of hydrogen-bond acceptors (Lipinski definition) is 7. The summed E-state index contributed by atoms with van der Waals surface area (Å²) in [5.41, 5.74) is 3.81. The molecule has 0 bridgehead atoms.